The summed E-state index contributed by atoms with van der Waals surface area (Å²) in [6.07, 6.45) is 3.91. The van der Waals surface area contributed by atoms with Crippen molar-refractivity contribution in [2.24, 2.45) is 0 Å². The number of imidazole rings is 1. The van der Waals surface area contributed by atoms with Crippen LogP contribution in [0.2, 0.25) is 0 Å². The maximum atomic E-state index is 5.90. The van der Waals surface area contributed by atoms with Gasteiger partial charge in [0.2, 0.25) is 0 Å². The van der Waals surface area contributed by atoms with Gasteiger partial charge in [0.25, 0.3) is 0 Å². The maximum Gasteiger partial charge on any atom is 0.137 e. The van der Waals surface area contributed by atoms with E-state index in [9.17, 15) is 0 Å². The lowest BCUT2D eigenvalue weighted by atomic mass is 10.4. The summed E-state index contributed by atoms with van der Waals surface area (Å²) in [6.45, 7) is 1.92. The van der Waals surface area contributed by atoms with E-state index in [1.54, 1.807) is 0 Å². The molecule has 0 fully saturated rings. The summed E-state index contributed by atoms with van der Waals surface area (Å²) in [6, 6.07) is 5.89. The average Bonchev–Trinajstić information content (AvgIpc) is 2.46. The Bertz CT molecular complexity index is 362. The molecule has 1 atom stereocenters. The fourth-order valence-electron chi connectivity index (χ4n) is 1.15. The fourth-order valence-corrected chi connectivity index (χ4v) is 1.25. The monoisotopic (exact) mass is 216 g/mol. The van der Waals surface area contributed by atoms with Crippen LogP contribution in [0.5, 0.6) is 0 Å². The van der Waals surface area contributed by atoms with E-state index < -0.39 is 0 Å². The van der Waals surface area contributed by atoms with Gasteiger partial charge in [-0.2, -0.15) is 0 Å². The highest BCUT2D eigenvalue weighted by Crippen LogP contribution is 2.18. The molecule has 0 bridgehead atoms. The van der Waals surface area contributed by atoms with E-state index in [1.165, 1.54) is 0 Å². The third kappa shape index (κ3) is 1.95. The predicted molar refractivity (Wildman–Crippen MR) is 56.7 cm³/mol. The Hall–Kier alpha value is -0.730. The Morgan fingerprint density at radius 1 is 1.46 bits per heavy atom. The van der Waals surface area contributed by atoms with Crippen molar-refractivity contribution in [2.75, 3.05) is 0 Å². The molecule has 2 heterocycles. The topological polar surface area (TPSA) is 17.3 Å². The number of fused-ring (bicyclic) bond motifs is 1. The molecule has 13 heavy (non-hydrogen) atoms. The van der Waals surface area contributed by atoms with Crippen LogP contribution in [0.3, 0.4) is 0 Å². The summed E-state index contributed by atoms with van der Waals surface area (Å²) in [4.78, 5) is 4.34. The van der Waals surface area contributed by atoms with Crippen molar-refractivity contribution in [2.45, 2.75) is 12.3 Å². The molecule has 0 spiro atoms. The molecule has 2 aromatic rings. The van der Waals surface area contributed by atoms with Gasteiger partial charge in [0, 0.05) is 12.4 Å². The zero-order chi connectivity index (χ0) is 8.55. The molecule has 0 saturated carbocycles. The summed E-state index contributed by atoms with van der Waals surface area (Å²) in [7, 11) is 0. The van der Waals surface area contributed by atoms with Crippen LogP contribution in [0, 0.1) is 0 Å². The first kappa shape index (κ1) is 10.4. The number of alkyl halides is 1. The van der Waals surface area contributed by atoms with E-state index in [0.717, 1.165) is 11.3 Å². The standard InChI is InChI=1S/C9H9ClN2.ClH/c1-7(10)8-6-12-5-3-2-4-9(12)11-8;/h2-7H,1H3;1H. The van der Waals surface area contributed by atoms with Gasteiger partial charge in [0.05, 0.1) is 11.1 Å². The van der Waals surface area contributed by atoms with Crippen LogP contribution < -0.4 is 0 Å². The van der Waals surface area contributed by atoms with Gasteiger partial charge in [-0.15, -0.1) is 24.0 Å². The third-order valence-electron chi connectivity index (χ3n) is 1.79. The highest BCUT2D eigenvalue weighted by molar-refractivity contribution is 6.20. The van der Waals surface area contributed by atoms with Crippen LogP contribution in [0.25, 0.3) is 5.65 Å². The first-order valence-electron chi connectivity index (χ1n) is 3.85. The fraction of sp³-hybridized carbons (Fsp3) is 0.222. The van der Waals surface area contributed by atoms with Crippen LogP contribution in [0.4, 0.5) is 0 Å². The van der Waals surface area contributed by atoms with Gasteiger partial charge in [0.15, 0.2) is 0 Å². The largest absolute Gasteiger partial charge is 0.307 e. The van der Waals surface area contributed by atoms with Crippen LogP contribution >= 0.6 is 24.0 Å². The zero-order valence-electron chi connectivity index (χ0n) is 7.14. The third-order valence-corrected chi connectivity index (χ3v) is 2.01. The molecule has 0 aliphatic carbocycles. The maximum absolute atomic E-state index is 5.90. The van der Waals surface area contributed by atoms with Gasteiger partial charge in [-0.25, -0.2) is 4.98 Å². The number of hydrogen-bond acceptors (Lipinski definition) is 1. The number of rotatable bonds is 1. The quantitative estimate of drug-likeness (QED) is 0.671. The minimum Gasteiger partial charge on any atom is -0.307 e. The number of nitrogens with zero attached hydrogens (tertiary/aromatic N) is 2. The molecule has 70 valence electrons. The van der Waals surface area contributed by atoms with Crippen molar-refractivity contribution < 1.29 is 0 Å². The molecule has 4 heteroatoms. The lowest BCUT2D eigenvalue weighted by molar-refractivity contribution is 1.02. The second kappa shape index (κ2) is 3.99. The molecular weight excluding hydrogens is 207 g/mol. The second-order valence-corrected chi connectivity index (χ2v) is 3.40. The van der Waals surface area contributed by atoms with Crippen molar-refractivity contribution in [3.63, 3.8) is 0 Å². The van der Waals surface area contributed by atoms with Crippen LogP contribution in [0.1, 0.15) is 18.0 Å². The molecule has 2 aromatic heterocycles. The van der Waals surface area contributed by atoms with Gasteiger partial charge in [-0.1, -0.05) is 6.07 Å². The molecule has 0 aliphatic heterocycles. The summed E-state index contributed by atoms with van der Waals surface area (Å²) >= 11 is 5.90. The molecule has 2 nitrogen and oxygen atoms in total. The Balaban J connectivity index is 0.000000845. The zero-order valence-corrected chi connectivity index (χ0v) is 8.72. The number of pyridine rings is 1. The Morgan fingerprint density at radius 2 is 2.23 bits per heavy atom. The molecule has 1 unspecified atom stereocenters. The van der Waals surface area contributed by atoms with Crippen molar-refractivity contribution >= 4 is 29.7 Å². The predicted octanol–water partition coefficient (Wildman–Crippen LogP) is 3.06. The second-order valence-electron chi connectivity index (χ2n) is 2.75. The first-order valence-corrected chi connectivity index (χ1v) is 4.29. The number of halogens is 2. The van der Waals surface area contributed by atoms with Crippen molar-refractivity contribution in [1.29, 1.82) is 0 Å². The molecule has 2 rings (SSSR count). The van der Waals surface area contributed by atoms with Crippen LogP contribution in [0.15, 0.2) is 30.6 Å². The Morgan fingerprint density at radius 3 is 2.85 bits per heavy atom. The summed E-state index contributed by atoms with van der Waals surface area (Å²) in [5.41, 5.74) is 1.86. The van der Waals surface area contributed by atoms with Crippen LogP contribution in [-0.4, -0.2) is 9.38 Å². The van der Waals surface area contributed by atoms with E-state index in [0.29, 0.717) is 0 Å². The van der Waals surface area contributed by atoms with Gasteiger partial charge in [-0.3, -0.25) is 0 Å². The SMILES string of the molecule is CC(Cl)c1cn2ccccc2n1.Cl. The van der Waals surface area contributed by atoms with Gasteiger partial charge >= 0.3 is 0 Å². The number of aromatic nitrogens is 2. The van der Waals surface area contributed by atoms with E-state index in [2.05, 4.69) is 4.98 Å². The highest BCUT2D eigenvalue weighted by atomic mass is 35.5. The summed E-state index contributed by atoms with van der Waals surface area (Å²) < 4.78 is 1.97. The normalized spacial score (nSPS) is 12.5. The summed E-state index contributed by atoms with van der Waals surface area (Å²) in [5, 5.41) is -0.0232. The molecule has 0 amide bonds. The molecular formula is C9H10Cl2N2. The van der Waals surface area contributed by atoms with Crippen molar-refractivity contribution in [1.82, 2.24) is 9.38 Å². The van der Waals surface area contributed by atoms with Gasteiger partial charge < -0.3 is 4.40 Å². The van der Waals surface area contributed by atoms with E-state index in [4.69, 9.17) is 11.6 Å². The first-order chi connectivity index (χ1) is 5.77. The minimum atomic E-state index is -0.0232. The average molecular weight is 217 g/mol. The molecule has 0 aliphatic rings. The molecule has 0 N–H and O–H groups in total. The molecule has 0 saturated heterocycles. The molecule has 0 aromatic carbocycles. The lowest BCUT2D eigenvalue weighted by Crippen LogP contribution is -1.81. The highest BCUT2D eigenvalue weighted by Gasteiger charge is 2.05. The van der Waals surface area contributed by atoms with E-state index in [1.807, 2.05) is 41.9 Å². The molecule has 0 radical (unpaired) electrons. The number of hydrogen-bond donors (Lipinski definition) is 0. The van der Waals surface area contributed by atoms with E-state index >= 15 is 0 Å². The van der Waals surface area contributed by atoms with Gasteiger partial charge in [0.1, 0.15) is 5.65 Å². The van der Waals surface area contributed by atoms with Gasteiger partial charge in [-0.05, 0) is 19.1 Å². The smallest absolute Gasteiger partial charge is 0.137 e. The van der Waals surface area contributed by atoms with Crippen LogP contribution in [-0.2, 0) is 0 Å². The lowest BCUT2D eigenvalue weighted by Gasteiger charge is -1.92. The van der Waals surface area contributed by atoms with Crippen molar-refractivity contribution in [3.05, 3.63) is 36.3 Å². The van der Waals surface area contributed by atoms with E-state index in [-0.39, 0.29) is 17.8 Å². The summed E-state index contributed by atoms with van der Waals surface area (Å²) in [5.74, 6) is 0. The van der Waals surface area contributed by atoms with Crippen molar-refractivity contribution in [3.8, 4) is 0 Å². The Kier molecular flexibility index (Phi) is 3.17. The minimum absolute atomic E-state index is 0. The Labute approximate surface area is 88.0 Å².